The van der Waals surface area contributed by atoms with Crippen LogP contribution in [0.15, 0.2) is 0 Å². The first kappa shape index (κ1) is 8.52. The molecule has 0 spiro atoms. The molecule has 0 aliphatic heterocycles. The molecule has 0 aromatic heterocycles. The van der Waals surface area contributed by atoms with Crippen LogP contribution in [0.25, 0.3) is 0 Å². The van der Waals surface area contributed by atoms with Gasteiger partial charge >= 0.3 is 0 Å². The molecule has 0 aliphatic carbocycles. The second-order valence-electron chi connectivity index (χ2n) is 3.09. The summed E-state index contributed by atoms with van der Waals surface area (Å²) in [7, 11) is 0. The van der Waals surface area contributed by atoms with Gasteiger partial charge in [-0.3, -0.25) is 0 Å². The maximum atomic E-state index is 5.26. The lowest BCUT2D eigenvalue weighted by atomic mass is 9.98. The van der Waals surface area contributed by atoms with Crippen molar-refractivity contribution in [3.8, 4) is 11.8 Å². The van der Waals surface area contributed by atoms with Gasteiger partial charge in [0.15, 0.2) is 0 Å². The Morgan fingerprint density at radius 2 is 1.89 bits per heavy atom. The molecule has 0 saturated carbocycles. The van der Waals surface area contributed by atoms with Gasteiger partial charge in [0.2, 0.25) is 0 Å². The fourth-order valence-corrected chi connectivity index (χ4v) is 0.400. The minimum atomic E-state index is 0.134. The van der Waals surface area contributed by atoms with Gasteiger partial charge in [-0.2, -0.15) is 0 Å². The van der Waals surface area contributed by atoms with E-state index >= 15 is 0 Å². The molecule has 1 nitrogen and oxygen atoms in total. The summed E-state index contributed by atoms with van der Waals surface area (Å²) in [5.41, 5.74) is 5.39. The van der Waals surface area contributed by atoms with Gasteiger partial charge in [0, 0.05) is 18.4 Å². The van der Waals surface area contributed by atoms with Crippen LogP contribution in [0.2, 0.25) is 0 Å². The highest BCUT2D eigenvalue weighted by Gasteiger charge is 2.02. The summed E-state index contributed by atoms with van der Waals surface area (Å²) in [5, 5.41) is 0. The average Bonchev–Trinajstić information content (AvgIpc) is 1.63. The summed E-state index contributed by atoms with van der Waals surface area (Å²) in [6.07, 6.45) is 0.817. The summed E-state index contributed by atoms with van der Waals surface area (Å²) in [5.74, 6) is 6.09. The van der Waals surface area contributed by atoms with E-state index in [1.807, 2.05) is 0 Å². The van der Waals surface area contributed by atoms with Crippen molar-refractivity contribution >= 4 is 0 Å². The van der Waals surface area contributed by atoms with Gasteiger partial charge in [0.1, 0.15) is 0 Å². The third-order valence-electron chi connectivity index (χ3n) is 0.733. The Morgan fingerprint density at radius 3 is 2.22 bits per heavy atom. The second kappa shape index (κ2) is 3.53. The topological polar surface area (TPSA) is 26.0 Å². The zero-order valence-corrected chi connectivity index (χ0v) is 6.49. The smallest absolute Gasteiger partial charge is 0.0230 e. The van der Waals surface area contributed by atoms with Crippen LogP contribution in [0.3, 0.4) is 0 Å². The second-order valence-corrected chi connectivity index (χ2v) is 3.09. The van der Waals surface area contributed by atoms with Gasteiger partial charge in [-0.05, 0) is 20.8 Å². The molecule has 0 atom stereocenters. The highest BCUT2D eigenvalue weighted by Crippen LogP contribution is 2.09. The van der Waals surface area contributed by atoms with Crippen molar-refractivity contribution in [3.05, 3.63) is 0 Å². The van der Waals surface area contributed by atoms with Crippen LogP contribution in [-0.2, 0) is 0 Å². The van der Waals surface area contributed by atoms with Gasteiger partial charge in [-0.1, -0.05) is 5.92 Å². The average molecular weight is 125 g/mol. The molecule has 0 aromatic carbocycles. The molecule has 52 valence electrons. The molecule has 0 unspecified atom stereocenters. The lowest BCUT2D eigenvalue weighted by Gasteiger charge is -2.06. The van der Waals surface area contributed by atoms with Crippen LogP contribution in [0, 0.1) is 17.3 Å². The third kappa shape index (κ3) is 7.52. The first-order valence-electron chi connectivity index (χ1n) is 3.26. The third-order valence-corrected chi connectivity index (χ3v) is 0.733. The van der Waals surface area contributed by atoms with Crippen molar-refractivity contribution in [1.82, 2.24) is 0 Å². The van der Waals surface area contributed by atoms with E-state index in [1.165, 1.54) is 0 Å². The molecule has 0 heterocycles. The molecule has 0 bridgehead atoms. The quantitative estimate of drug-likeness (QED) is 0.526. The minimum absolute atomic E-state index is 0.134. The fourth-order valence-electron chi connectivity index (χ4n) is 0.400. The predicted octanol–water partition coefficient (Wildman–Crippen LogP) is 1.38. The molecule has 9 heavy (non-hydrogen) atoms. The van der Waals surface area contributed by atoms with E-state index in [0.717, 1.165) is 6.42 Å². The van der Waals surface area contributed by atoms with Crippen LogP contribution in [0.5, 0.6) is 0 Å². The predicted molar refractivity (Wildman–Crippen MR) is 40.9 cm³/mol. The summed E-state index contributed by atoms with van der Waals surface area (Å²) < 4.78 is 0. The van der Waals surface area contributed by atoms with Crippen LogP contribution >= 0.6 is 0 Å². The van der Waals surface area contributed by atoms with Gasteiger partial charge < -0.3 is 5.73 Å². The SMILES string of the molecule is CC(C)(C)C#CCCN. The van der Waals surface area contributed by atoms with Gasteiger partial charge in [0.05, 0.1) is 0 Å². The molecule has 0 amide bonds. The lowest BCUT2D eigenvalue weighted by Crippen LogP contribution is -2.01. The number of hydrogen-bond acceptors (Lipinski definition) is 1. The number of nitrogens with two attached hydrogens (primary N) is 1. The Labute approximate surface area is 57.6 Å². The largest absolute Gasteiger partial charge is 0.330 e. The van der Waals surface area contributed by atoms with E-state index < -0.39 is 0 Å². The van der Waals surface area contributed by atoms with Crippen molar-refractivity contribution in [1.29, 1.82) is 0 Å². The first-order chi connectivity index (χ1) is 4.06. The van der Waals surface area contributed by atoms with Crippen molar-refractivity contribution in [2.24, 2.45) is 11.1 Å². The molecule has 0 aromatic rings. The molecule has 0 fully saturated rings. The maximum absolute atomic E-state index is 5.26. The van der Waals surface area contributed by atoms with Crippen LogP contribution < -0.4 is 5.73 Å². The highest BCUT2D eigenvalue weighted by molar-refractivity contribution is 5.06. The fraction of sp³-hybridized carbons (Fsp3) is 0.750. The van der Waals surface area contributed by atoms with Crippen molar-refractivity contribution < 1.29 is 0 Å². The molecule has 0 aliphatic rings. The Hall–Kier alpha value is -0.480. The molecule has 0 radical (unpaired) electrons. The molecular weight excluding hydrogens is 110 g/mol. The zero-order valence-electron chi connectivity index (χ0n) is 6.49. The molecule has 1 heteroatoms. The van der Waals surface area contributed by atoms with E-state index in [0.29, 0.717) is 6.54 Å². The highest BCUT2D eigenvalue weighted by atomic mass is 14.5. The van der Waals surface area contributed by atoms with Crippen molar-refractivity contribution in [2.45, 2.75) is 27.2 Å². The minimum Gasteiger partial charge on any atom is -0.330 e. The molecule has 0 saturated heterocycles. The number of hydrogen-bond donors (Lipinski definition) is 1. The molecule has 0 rings (SSSR count). The monoisotopic (exact) mass is 125 g/mol. The lowest BCUT2D eigenvalue weighted by molar-refractivity contribution is 0.570. The summed E-state index contributed by atoms with van der Waals surface area (Å²) in [6.45, 7) is 6.95. The van der Waals surface area contributed by atoms with Crippen LogP contribution in [0.1, 0.15) is 27.2 Å². The first-order valence-corrected chi connectivity index (χ1v) is 3.26. The van der Waals surface area contributed by atoms with Gasteiger partial charge in [-0.15, -0.1) is 5.92 Å². The zero-order chi connectivity index (χ0) is 7.33. The normalized spacial score (nSPS) is 10.2. The Balaban J connectivity index is 3.59. The van der Waals surface area contributed by atoms with E-state index in [1.54, 1.807) is 0 Å². The maximum Gasteiger partial charge on any atom is 0.0230 e. The van der Waals surface area contributed by atoms with Gasteiger partial charge in [0.25, 0.3) is 0 Å². The summed E-state index contributed by atoms with van der Waals surface area (Å²) in [4.78, 5) is 0. The summed E-state index contributed by atoms with van der Waals surface area (Å²) in [6, 6.07) is 0. The van der Waals surface area contributed by atoms with Gasteiger partial charge in [-0.25, -0.2) is 0 Å². The summed E-state index contributed by atoms with van der Waals surface area (Å²) >= 11 is 0. The Bertz CT molecular complexity index is 120. The van der Waals surface area contributed by atoms with Crippen LogP contribution in [0.4, 0.5) is 0 Å². The molecule has 2 N–H and O–H groups in total. The number of rotatable bonds is 1. The standard InChI is InChI=1S/C8H15N/c1-8(2,3)6-4-5-7-9/h5,7,9H2,1-3H3. The van der Waals surface area contributed by atoms with Crippen LogP contribution in [-0.4, -0.2) is 6.54 Å². The molecular formula is C8H15N. The van der Waals surface area contributed by atoms with E-state index in [4.69, 9.17) is 5.73 Å². The van der Waals surface area contributed by atoms with E-state index in [2.05, 4.69) is 32.6 Å². The van der Waals surface area contributed by atoms with E-state index in [9.17, 15) is 0 Å². The Kier molecular flexibility index (Phi) is 3.34. The van der Waals surface area contributed by atoms with E-state index in [-0.39, 0.29) is 5.41 Å². The van der Waals surface area contributed by atoms with Crippen molar-refractivity contribution in [3.63, 3.8) is 0 Å². The van der Waals surface area contributed by atoms with Crippen molar-refractivity contribution in [2.75, 3.05) is 6.54 Å². The Morgan fingerprint density at radius 1 is 1.33 bits per heavy atom.